The van der Waals surface area contributed by atoms with Crippen molar-refractivity contribution in [2.24, 2.45) is 5.92 Å². The molecule has 0 radical (unpaired) electrons. The second kappa shape index (κ2) is 8.11. The number of ether oxygens (including phenoxy) is 1. The predicted molar refractivity (Wildman–Crippen MR) is 91.7 cm³/mol. The number of benzene rings is 2. The first-order chi connectivity index (χ1) is 10.9. The third-order valence-electron chi connectivity index (χ3n) is 4.40. The van der Waals surface area contributed by atoms with Crippen molar-refractivity contribution in [3.05, 3.63) is 60.2 Å². The van der Waals surface area contributed by atoms with Crippen molar-refractivity contribution in [1.82, 2.24) is 5.32 Å². The maximum atomic E-state index is 5.84. The molecule has 0 aliphatic carbocycles. The fourth-order valence-corrected chi connectivity index (χ4v) is 3.03. The van der Waals surface area contributed by atoms with E-state index in [4.69, 9.17) is 4.74 Å². The van der Waals surface area contributed by atoms with Crippen molar-refractivity contribution in [2.75, 3.05) is 19.7 Å². The van der Waals surface area contributed by atoms with Gasteiger partial charge >= 0.3 is 0 Å². The van der Waals surface area contributed by atoms with Crippen LogP contribution in [-0.4, -0.2) is 19.7 Å². The van der Waals surface area contributed by atoms with E-state index in [-0.39, 0.29) is 0 Å². The Bertz CT molecular complexity index is 544. The maximum absolute atomic E-state index is 5.84. The number of hydrogen-bond donors (Lipinski definition) is 1. The van der Waals surface area contributed by atoms with Gasteiger partial charge < -0.3 is 10.1 Å². The monoisotopic (exact) mass is 295 g/mol. The fraction of sp³-hybridized carbons (Fsp3) is 0.400. The molecule has 0 bridgehead atoms. The zero-order valence-electron chi connectivity index (χ0n) is 13.1. The molecule has 0 spiro atoms. The van der Waals surface area contributed by atoms with E-state index in [1.807, 2.05) is 6.07 Å². The van der Waals surface area contributed by atoms with Crippen molar-refractivity contribution in [2.45, 2.75) is 25.9 Å². The van der Waals surface area contributed by atoms with Gasteiger partial charge in [0.15, 0.2) is 0 Å². The molecule has 1 aliphatic rings. The predicted octanol–water partition coefficient (Wildman–Crippen LogP) is 4.26. The lowest BCUT2D eigenvalue weighted by Gasteiger charge is -2.22. The minimum atomic E-state index is 0.717. The molecule has 116 valence electrons. The Morgan fingerprint density at radius 1 is 0.955 bits per heavy atom. The van der Waals surface area contributed by atoms with Crippen molar-refractivity contribution in [1.29, 1.82) is 0 Å². The van der Waals surface area contributed by atoms with Crippen LogP contribution in [0.4, 0.5) is 0 Å². The molecule has 1 N–H and O–H groups in total. The lowest BCUT2D eigenvalue weighted by Crippen LogP contribution is -2.30. The Labute approximate surface area is 133 Å². The molecular formula is C20H25NO. The summed E-state index contributed by atoms with van der Waals surface area (Å²) in [7, 11) is 0. The molecule has 22 heavy (non-hydrogen) atoms. The third-order valence-corrected chi connectivity index (χ3v) is 4.40. The largest absolute Gasteiger partial charge is 0.377 e. The van der Waals surface area contributed by atoms with E-state index in [1.165, 1.54) is 42.5 Å². The molecule has 3 rings (SSSR count). The van der Waals surface area contributed by atoms with Crippen molar-refractivity contribution in [3.8, 4) is 11.1 Å². The SMILES string of the molecule is c1ccc(-c2ccc(COCC[C@H]3CCCNC3)cc2)cc1. The van der Waals surface area contributed by atoms with E-state index in [0.717, 1.165) is 25.7 Å². The minimum Gasteiger partial charge on any atom is -0.377 e. The Morgan fingerprint density at radius 3 is 2.45 bits per heavy atom. The van der Waals surface area contributed by atoms with Crippen molar-refractivity contribution < 1.29 is 4.74 Å². The van der Waals surface area contributed by atoms with E-state index in [2.05, 4.69) is 53.8 Å². The summed E-state index contributed by atoms with van der Waals surface area (Å²) in [6, 6.07) is 19.2. The van der Waals surface area contributed by atoms with E-state index in [9.17, 15) is 0 Å². The molecule has 2 nitrogen and oxygen atoms in total. The van der Waals surface area contributed by atoms with Crippen molar-refractivity contribution in [3.63, 3.8) is 0 Å². The van der Waals surface area contributed by atoms with E-state index >= 15 is 0 Å². The topological polar surface area (TPSA) is 21.3 Å². The van der Waals surface area contributed by atoms with Gasteiger partial charge in [-0.15, -0.1) is 0 Å². The molecule has 2 aromatic carbocycles. The first kappa shape index (κ1) is 15.3. The molecule has 1 atom stereocenters. The molecule has 0 unspecified atom stereocenters. The number of nitrogens with one attached hydrogen (secondary N) is 1. The van der Waals surface area contributed by atoms with Crippen LogP contribution in [0.15, 0.2) is 54.6 Å². The zero-order valence-corrected chi connectivity index (χ0v) is 13.1. The summed E-state index contributed by atoms with van der Waals surface area (Å²) in [6.45, 7) is 3.93. The van der Waals surface area contributed by atoms with Gasteiger partial charge in [0.25, 0.3) is 0 Å². The summed E-state index contributed by atoms with van der Waals surface area (Å²) in [5.41, 5.74) is 3.78. The van der Waals surface area contributed by atoms with Crippen LogP contribution < -0.4 is 5.32 Å². The average molecular weight is 295 g/mol. The Kier molecular flexibility index (Phi) is 5.63. The van der Waals surface area contributed by atoms with Gasteiger partial charge in [0.1, 0.15) is 0 Å². The first-order valence-corrected chi connectivity index (χ1v) is 8.34. The smallest absolute Gasteiger partial charge is 0.0716 e. The molecule has 1 fully saturated rings. The van der Waals surface area contributed by atoms with Crippen LogP contribution in [0.1, 0.15) is 24.8 Å². The lowest BCUT2D eigenvalue weighted by molar-refractivity contribution is 0.103. The fourth-order valence-electron chi connectivity index (χ4n) is 3.03. The van der Waals surface area contributed by atoms with Crippen LogP contribution in [-0.2, 0) is 11.3 Å². The Balaban J connectivity index is 1.43. The quantitative estimate of drug-likeness (QED) is 0.804. The van der Waals surface area contributed by atoms with E-state index in [0.29, 0.717) is 0 Å². The summed E-state index contributed by atoms with van der Waals surface area (Å²) in [6.07, 6.45) is 3.84. The molecule has 2 heteroatoms. The molecule has 1 heterocycles. The van der Waals surface area contributed by atoms with Gasteiger partial charge in [-0.2, -0.15) is 0 Å². The zero-order chi connectivity index (χ0) is 15.0. The highest BCUT2D eigenvalue weighted by atomic mass is 16.5. The molecule has 1 saturated heterocycles. The number of rotatable bonds is 6. The lowest BCUT2D eigenvalue weighted by atomic mass is 9.97. The summed E-state index contributed by atoms with van der Waals surface area (Å²) < 4.78 is 5.84. The number of hydrogen-bond acceptors (Lipinski definition) is 2. The molecule has 0 amide bonds. The van der Waals surface area contributed by atoms with E-state index in [1.54, 1.807) is 0 Å². The van der Waals surface area contributed by atoms with Gasteiger partial charge in [-0.25, -0.2) is 0 Å². The summed E-state index contributed by atoms with van der Waals surface area (Å²) in [5.74, 6) is 0.800. The third kappa shape index (κ3) is 4.43. The highest BCUT2D eigenvalue weighted by Gasteiger charge is 2.12. The van der Waals surface area contributed by atoms with Crippen LogP contribution in [0.25, 0.3) is 11.1 Å². The standard InChI is InChI=1S/C20H25NO/c1-2-6-19(7-3-1)20-10-8-18(9-11-20)16-22-14-12-17-5-4-13-21-15-17/h1-3,6-11,17,21H,4-5,12-16H2/t17-/m1/s1. The number of piperidine rings is 1. The maximum Gasteiger partial charge on any atom is 0.0716 e. The molecule has 1 aliphatic heterocycles. The highest BCUT2D eigenvalue weighted by molar-refractivity contribution is 5.63. The van der Waals surface area contributed by atoms with Crippen LogP contribution in [0.2, 0.25) is 0 Å². The Morgan fingerprint density at radius 2 is 1.73 bits per heavy atom. The summed E-state index contributed by atoms with van der Waals surface area (Å²) >= 11 is 0. The first-order valence-electron chi connectivity index (χ1n) is 8.34. The van der Waals surface area contributed by atoms with Gasteiger partial charge in [0, 0.05) is 6.61 Å². The van der Waals surface area contributed by atoms with Crippen molar-refractivity contribution >= 4 is 0 Å². The van der Waals surface area contributed by atoms with Crippen LogP contribution in [0.5, 0.6) is 0 Å². The summed E-state index contributed by atoms with van der Waals surface area (Å²) in [5, 5.41) is 3.46. The minimum absolute atomic E-state index is 0.717. The van der Waals surface area contributed by atoms with E-state index < -0.39 is 0 Å². The second-order valence-corrected chi connectivity index (χ2v) is 6.12. The van der Waals surface area contributed by atoms with Crippen LogP contribution in [0.3, 0.4) is 0 Å². The molecular weight excluding hydrogens is 270 g/mol. The van der Waals surface area contributed by atoms with Gasteiger partial charge in [-0.05, 0) is 55.0 Å². The Hall–Kier alpha value is -1.64. The normalized spacial score (nSPS) is 18.3. The second-order valence-electron chi connectivity index (χ2n) is 6.12. The summed E-state index contributed by atoms with van der Waals surface area (Å²) in [4.78, 5) is 0. The van der Waals surface area contributed by atoms with Gasteiger partial charge in [-0.3, -0.25) is 0 Å². The van der Waals surface area contributed by atoms with Gasteiger partial charge in [0.05, 0.1) is 6.61 Å². The molecule has 0 saturated carbocycles. The van der Waals surface area contributed by atoms with Gasteiger partial charge in [0.2, 0.25) is 0 Å². The molecule has 2 aromatic rings. The molecule has 0 aromatic heterocycles. The van der Waals surface area contributed by atoms with Gasteiger partial charge in [-0.1, -0.05) is 54.6 Å². The average Bonchev–Trinajstić information content (AvgIpc) is 2.61. The highest BCUT2D eigenvalue weighted by Crippen LogP contribution is 2.19. The van der Waals surface area contributed by atoms with Crippen LogP contribution in [0, 0.1) is 5.92 Å². The van der Waals surface area contributed by atoms with Crippen LogP contribution >= 0.6 is 0 Å².